The van der Waals surface area contributed by atoms with Crippen molar-refractivity contribution in [3.05, 3.63) is 51.5 Å². The summed E-state index contributed by atoms with van der Waals surface area (Å²) in [7, 11) is 1.58. The van der Waals surface area contributed by atoms with Gasteiger partial charge in [0.25, 0.3) is 0 Å². The molecule has 1 amide bonds. The normalized spacial score (nSPS) is 10.8. The third-order valence-electron chi connectivity index (χ3n) is 3.88. The third kappa shape index (κ3) is 4.40. The number of thioether (sulfide) groups is 1. The molecule has 0 saturated heterocycles. The molecule has 0 atom stereocenters. The van der Waals surface area contributed by atoms with Crippen molar-refractivity contribution in [2.24, 2.45) is 0 Å². The van der Waals surface area contributed by atoms with Crippen molar-refractivity contribution in [2.45, 2.75) is 19.0 Å². The molecule has 146 valence electrons. The largest absolute Gasteiger partial charge is 0.494 e. The molecule has 0 unspecified atom stereocenters. The number of methoxy groups -OCH3 is 1. The molecule has 2 aromatic carbocycles. The van der Waals surface area contributed by atoms with E-state index in [-0.39, 0.29) is 11.7 Å². The molecule has 1 heterocycles. The van der Waals surface area contributed by atoms with Crippen molar-refractivity contribution in [1.29, 1.82) is 0 Å². The molecule has 28 heavy (non-hydrogen) atoms. The first kappa shape index (κ1) is 20.4. The summed E-state index contributed by atoms with van der Waals surface area (Å²) in [5.74, 6) is 0.433. The second-order valence-corrected chi connectivity index (χ2v) is 7.67. The molecule has 7 nitrogen and oxygen atoms in total. The highest BCUT2D eigenvalue weighted by Crippen LogP contribution is 2.33. The SMILES string of the molecule is COc1ccc(C)cc1-n1nnnc1SCC(=O)Nc1c(Cl)ccc(C)c1Cl. The number of carbonyl (C=O) groups excluding carboxylic acids is 1. The van der Waals surface area contributed by atoms with Crippen LogP contribution < -0.4 is 10.1 Å². The summed E-state index contributed by atoms with van der Waals surface area (Å²) in [6, 6.07) is 9.16. The first-order valence-corrected chi connectivity index (χ1v) is 9.95. The summed E-state index contributed by atoms with van der Waals surface area (Å²) in [4.78, 5) is 12.4. The van der Waals surface area contributed by atoms with Crippen LogP contribution in [0.25, 0.3) is 5.69 Å². The van der Waals surface area contributed by atoms with Crippen molar-refractivity contribution >= 4 is 46.6 Å². The average molecular weight is 438 g/mol. The van der Waals surface area contributed by atoms with Gasteiger partial charge < -0.3 is 10.1 Å². The lowest BCUT2D eigenvalue weighted by Crippen LogP contribution is -2.15. The van der Waals surface area contributed by atoms with E-state index < -0.39 is 0 Å². The minimum Gasteiger partial charge on any atom is -0.494 e. The van der Waals surface area contributed by atoms with Crippen LogP contribution in [0.15, 0.2) is 35.5 Å². The van der Waals surface area contributed by atoms with E-state index in [0.29, 0.717) is 32.3 Å². The van der Waals surface area contributed by atoms with Crippen molar-refractivity contribution in [3.63, 3.8) is 0 Å². The molecular weight excluding hydrogens is 421 g/mol. The van der Waals surface area contributed by atoms with Crippen LogP contribution in [0.1, 0.15) is 11.1 Å². The van der Waals surface area contributed by atoms with Crippen LogP contribution in [0.4, 0.5) is 5.69 Å². The number of rotatable bonds is 6. The Hall–Kier alpha value is -2.29. The standard InChI is InChI=1S/C18H17Cl2N5O2S/c1-10-4-7-14(27-3)13(8-10)25-18(22-23-24-25)28-9-15(26)21-17-12(19)6-5-11(2)16(17)20/h4-8H,9H2,1-3H3,(H,21,26). The zero-order valence-corrected chi connectivity index (χ0v) is 17.7. The summed E-state index contributed by atoms with van der Waals surface area (Å²) >= 11 is 13.6. The van der Waals surface area contributed by atoms with Gasteiger partial charge in [-0.2, -0.15) is 4.68 Å². The lowest BCUT2D eigenvalue weighted by molar-refractivity contribution is -0.113. The van der Waals surface area contributed by atoms with Gasteiger partial charge in [0.1, 0.15) is 11.4 Å². The highest BCUT2D eigenvalue weighted by Gasteiger charge is 2.17. The lowest BCUT2D eigenvalue weighted by Gasteiger charge is -2.12. The fraction of sp³-hybridized carbons (Fsp3) is 0.222. The van der Waals surface area contributed by atoms with Gasteiger partial charge >= 0.3 is 0 Å². The first-order valence-electron chi connectivity index (χ1n) is 8.21. The van der Waals surface area contributed by atoms with Crippen LogP contribution in [-0.2, 0) is 4.79 Å². The van der Waals surface area contributed by atoms with E-state index >= 15 is 0 Å². The van der Waals surface area contributed by atoms with Crippen LogP contribution in [0.3, 0.4) is 0 Å². The number of anilines is 1. The first-order chi connectivity index (χ1) is 13.4. The van der Waals surface area contributed by atoms with Crippen molar-refractivity contribution < 1.29 is 9.53 Å². The topological polar surface area (TPSA) is 81.9 Å². The van der Waals surface area contributed by atoms with Crippen LogP contribution >= 0.6 is 35.0 Å². The quantitative estimate of drug-likeness (QED) is 0.577. The number of carbonyl (C=O) groups is 1. The number of ether oxygens (including phenoxy) is 1. The molecule has 0 aliphatic heterocycles. The fourth-order valence-corrected chi connectivity index (χ4v) is 3.61. The highest BCUT2D eigenvalue weighted by molar-refractivity contribution is 7.99. The third-order valence-corrected chi connectivity index (χ3v) is 5.61. The number of tetrazole rings is 1. The van der Waals surface area contributed by atoms with Crippen molar-refractivity contribution in [3.8, 4) is 11.4 Å². The van der Waals surface area contributed by atoms with Gasteiger partial charge in [0.05, 0.1) is 28.6 Å². The predicted octanol–water partition coefficient (Wildman–Crippen LogP) is 4.33. The van der Waals surface area contributed by atoms with Gasteiger partial charge in [-0.1, -0.05) is 47.1 Å². The van der Waals surface area contributed by atoms with Crippen LogP contribution in [-0.4, -0.2) is 39.0 Å². The van der Waals surface area contributed by atoms with Crippen molar-refractivity contribution in [1.82, 2.24) is 20.2 Å². The molecular formula is C18H17Cl2N5O2S. The Labute approximate surface area is 176 Å². The Morgan fingerprint density at radius 3 is 2.79 bits per heavy atom. The number of hydrogen-bond acceptors (Lipinski definition) is 6. The predicted molar refractivity (Wildman–Crippen MR) is 111 cm³/mol. The Morgan fingerprint density at radius 2 is 2.04 bits per heavy atom. The van der Waals surface area contributed by atoms with Gasteiger partial charge in [-0.3, -0.25) is 4.79 Å². The number of nitrogens with one attached hydrogen (secondary N) is 1. The number of hydrogen-bond donors (Lipinski definition) is 1. The summed E-state index contributed by atoms with van der Waals surface area (Å²) in [5, 5.41) is 15.7. The van der Waals surface area contributed by atoms with E-state index in [2.05, 4.69) is 20.8 Å². The molecule has 1 N–H and O–H groups in total. The summed E-state index contributed by atoms with van der Waals surface area (Å²) in [6.07, 6.45) is 0. The number of halogens is 2. The smallest absolute Gasteiger partial charge is 0.234 e. The molecule has 3 aromatic rings. The van der Waals surface area contributed by atoms with Gasteiger partial charge in [0.2, 0.25) is 11.1 Å². The molecule has 0 saturated carbocycles. The number of aryl methyl sites for hydroxylation is 2. The maximum absolute atomic E-state index is 12.4. The molecule has 3 rings (SSSR count). The van der Waals surface area contributed by atoms with Gasteiger partial charge in [-0.15, -0.1) is 5.10 Å². The maximum Gasteiger partial charge on any atom is 0.234 e. The number of nitrogens with zero attached hydrogens (tertiary/aromatic N) is 4. The molecule has 0 aliphatic carbocycles. The number of aromatic nitrogens is 4. The van der Waals surface area contributed by atoms with Crippen molar-refractivity contribution in [2.75, 3.05) is 18.2 Å². The average Bonchev–Trinajstić information content (AvgIpc) is 3.15. The minimum atomic E-state index is -0.273. The van der Waals surface area contributed by atoms with E-state index in [0.717, 1.165) is 11.1 Å². The van der Waals surface area contributed by atoms with Gasteiger partial charge in [-0.05, 0) is 53.6 Å². The Morgan fingerprint density at radius 1 is 1.25 bits per heavy atom. The minimum absolute atomic E-state index is 0.0785. The summed E-state index contributed by atoms with van der Waals surface area (Å²) in [5.41, 5.74) is 2.95. The summed E-state index contributed by atoms with van der Waals surface area (Å²) in [6.45, 7) is 3.80. The Bertz CT molecular complexity index is 1030. The van der Waals surface area contributed by atoms with E-state index in [1.807, 2.05) is 32.0 Å². The van der Waals surface area contributed by atoms with Gasteiger partial charge in [0, 0.05) is 0 Å². The fourth-order valence-electron chi connectivity index (χ4n) is 2.46. The lowest BCUT2D eigenvalue weighted by atomic mass is 10.2. The van der Waals surface area contributed by atoms with Crippen LogP contribution in [0.2, 0.25) is 10.0 Å². The van der Waals surface area contributed by atoms with E-state index in [1.54, 1.807) is 19.2 Å². The van der Waals surface area contributed by atoms with Crippen LogP contribution in [0.5, 0.6) is 5.75 Å². The molecule has 10 heteroatoms. The second kappa shape index (κ2) is 8.81. The highest BCUT2D eigenvalue weighted by atomic mass is 35.5. The molecule has 1 aromatic heterocycles. The van der Waals surface area contributed by atoms with Crippen LogP contribution in [0, 0.1) is 13.8 Å². The molecule has 0 fully saturated rings. The monoisotopic (exact) mass is 437 g/mol. The molecule has 0 spiro atoms. The summed E-state index contributed by atoms with van der Waals surface area (Å²) < 4.78 is 6.93. The maximum atomic E-state index is 12.4. The Balaban J connectivity index is 1.75. The number of amides is 1. The Kier molecular flexibility index (Phi) is 6.43. The van der Waals surface area contributed by atoms with E-state index in [9.17, 15) is 4.79 Å². The second-order valence-electron chi connectivity index (χ2n) is 5.94. The van der Waals surface area contributed by atoms with E-state index in [4.69, 9.17) is 27.9 Å². The van der Waals surface area contributed by atoms with Gasteiger partial charge in [0.15, 0.2) is 0 Å². The van der Waals surface area contributed by atoms with Gasteiger partial charge in [-0.25, -0.2) is 0 Å². The molecule has 0 radical (unpaired) electrons. The van der Waals surface area contributed by atoms with E-state index in [1.165, 1.54) is 16.4 Å². The molecule has 0 aliphatic rings. The zero-order valence-electron chi connectivity index (χ0n) is 15.4. The molecule has 0 bridgehead atoms. The zero-order chi connectivity index (χ0) is 20.3. The number of benzene rings is 2.